The molecule has 0 saturated carbocycles. The van der Waals surface area contributed by atoms with Gasteiger partial charge in [0, 0.05) is 15.6 Å². The second-order valence-corrected chi connectivity index (χ2v) is 9.82. The van der Waals surface area contributed by atoms with Crippen LogP contribution in [0.3, 0.4) is 0 Å². The molecule has 0 spiro atoms. The van der Waals surface area contributed by atoms with Crippen molar-refractivity contribution in [1.29, 1.82) is 0 Å². The van der Waals surface area contributed by atoms with Crippen molar-refractivity contribution in [3.63, 3.8) is 0 Å². The van der Waals surface area contributed by atoms with E-state index in [0.29, 0.717) is 0 Å². The van der Waals surface area contributed by atoms with E-state index in [9.17, 15) is 0 Å². The van der Waals surface area contributed by atoms with Gasteiger partial charge < -0.3 is 4.74 Å². The van der Waals surface area contributed by atoms with E-state index in [1.54, 1.807) is 0 Å². The Bertz CT molecular complexity index is 1220. The molecule has 0 aliphatic heterocycles. The maximum Gasteiger partial charge on any atom is 0.119 e. The van der Waals surface area contributed by atoms with Crippen LogP contribution in [0.5, 0.6) is 5.75 Å². The molecule has 4 rings (SSSR count). The normalized spacial score (nSPS) is 11.2. The van der Waals surface area contributed by atoms with Gasteiger partial charge >= 0.3 is 0 Å². The van der Waals surface area contributed by atoms with E-state index < -0.39 is 0 Å². The number of aryl methyl sites for hydroxylation is 1. The number of aromatic nitrogens is 2. The minimum Gasteiger partial charge on any atom is -0.494 e. The van der Waals surface area contributed by atoms with E-state index in [0.717, 1.165) is 74.1 Å². The fourth-order valence-corrected chi connectivity index (χ4v) is 4.46. The third-order valence-electron chi connectivity index (χ3n) is 5.67. The molecule has 5 heteroatoms. The van der Waals surface area contributed by atoms with Gasteiger partial charge in [-0.05, 0) is 93.1 Å². The van der Waals surface area contributed by atoms with E-state index in [-0.39, 0.29) is 0 Å². The summed E-state index contributed by atoms with van der Waals surface area (Å²) >= 11 is 7.28. The summed E-state index contributed by atoms with van der Waals surface area (Å²) in [5.41, 5.74) is 6.90. The zero-order chi connectivity index (χ0) is 23.2. The number of nitrogens with zero attached hydrogens (tertiary/aromatic N) is 2. The van der Waals surface area contributed by atoms with Crippen LogP contribution in [0, 0.1) is 0 Å². The number of fused-ring (bicyclic) bond motifs is 1. The minimum absolute atomic E-state index is 0.738. The average molecular weight is 568 g/mol. The fraction of sp³-hybridized carbons (Fsp3) is 0.286. The molecule has 33 heavy (non-hydrogen) atoms. The standard InChI is InChI=1S/C28H28Br2N2O/c1-3-5-7-19-8-10-20(11-9-19)26-27(21-12-14-22(15-13-21)33-18-6-4-2)32-28-24(31-26)17-16-23(29)25(28)30/h8-17H,3-7,18H2,1-2H3. The highest BCUT2D eigenvalue weighted by Gasteiger charge is 2.16. The summed E-state index contributed by atoms with van der Waals surface area (Å²) in [4.78, 5) is 10.1. The molecule has 0 fully saturated rings. The third-order valence-corrected chi connectivity index (χ3v) is 7.66. The first-order valence-electron chi connectivity index (χ1n) is 11.6. The first-order valence-corrected chi connectivity index (χ1v) is 13.2. The SMILES string of the molecule is CCCCOc1ccc(-c2nc3c(Br)c(Br)ccc3nc2-c2ccc(CCCC)cc2)cc1. The summed E-state index contributed by atoms with van der Waals surface area (Å²) in [6.07, 6.45) is 5.68. The molecule has 3 aromatic carbocycles. The van der Waals surface area contributed by atoms with Crippen molar-refractivity contribution in [3.05, 3.63) is 75.2 Å². The van der Waals surface area contributed by atoms with Crippen LogP contribution in [0.25, 0.3) is 33.5 Å². The molecule has 0 unspecified atom stereocenters. The molecule has 0 saturated heterocycles. The summed E-state index contributed by atoms with van der Waals surface area (Å²) in [5.74, 6) is 0.881. The summed E-state index contributed by atoms with van der Waals surface area (Å²) in [6.45, 7) is 5.13. The van der Waals surface area contributed by atoms with Gasteiger partial charge in [0.25, 0.3) is 0 Å². The van der Waals surface area contributed by atoms with Gasteiger partial charge in [0.1, 0.15) is 11.3 Å². The number of hydrogen-bond acceptors (Lipinski definition) is 3. The van der Waals surface area contributed by atoms with E-state index in [1.807, 2.05) is 24.3 Å². The molecule has 0 aliphatic rings. The second-order valence-electron chi connectivity index (χ2n) is 8.18. The molecule has 4 aromatic rings. The van der Waals surface area contributed by atoms with Crippen LogP contribution < -0.4 is 4.74 Å². The fourth-order valence-electron chi connectivity index (χ4n) is 3.72. The monoisotopic (exact) mass is 566 g/mol. The van der Waals surface area contributed by atoms with Gasteiger partial charge in [0.15, 0.2) is 0 Å². The molecule has 0 bridgehead atoms. The molecule has 0 amide bonds. The van der Waals surface area contributed by atoms with Crippen molar-refractivity contribution < 1.29 is 4.74 Å². The maximum atomic E-state index is 5.85. The summed E-state index contributed by atoms with van der Waals surface area (Å²) < 4.78 is 7.73. The number of hydrogen-bond donors (Lipinski definition) is 0. The van der Waals surface area contributed by atoms with Crippen LogP contribution in [0.15, 0.2) is 69.6 Å². The Balaban J connectivity index is 1.78. The second kappa shape index (κ2) is 11.3. The first kappa shape index (κ1) is 23.9. The van der Waals surface area contributed by atoms with E-state index in [1.165, 1.54) is 18.4 Å². The van der Waals surface area contributed by atoms with Crippen molar-refractivity contribution in [1.82, 2.24) is 9.97 Å². The topological polar surface area (TPSA) is 35.0 Å². The number of benzene rings is 3. The predicted octanol–water partition coefficient (Wildman–Crippen LogP) is 9.01. The van der Waals surface area contributed by atoms with E-state index in [2.05, 4.69) is 82.1 Å². The Morgan fingerprint density at radius 2 is 1.36 bits per heavy atom. The van der Waals surface area contributed by atoms with E-state index in [4.69, 9.17) is 14.7 Å². The molecule has 1 aromatic heterocycles. The zero-order valence-corrected chi connectivity index (χ0v) is 22.2. The molecule has 3 nitrogen and oxygen atoms in total. The average Bonchev–Trinajstić information content (AvgIpc) is 2.85. The molecule has 0 aliphatic carbocycles. The molecule has 0 atom stereocenters. The quantitative estimate of drug-likeness (QED) is 0.189. The molecule has 0 radical (unpaired) electrons. The Morgan fingerprint density at radius 3 is 2.03 bits per heavy atom. The van der Waals surface area contributed by atoms with Crippen LogP contribution in [0.2, 0.25) is 0 Å². The molecular formula is C28H28Br2N2O. The number of ether oxygens (including phenoxy) is 1. The van der Waals surface area contributed by atoms with Crippen LogP contribution in [-0.2, 0) is 6.42 Å². The molecular weight excluding hydrogens is 540 g/mol. The van der Waals surface area contributed by atoms with E-state index >= 15 is 0 Å². The lowest BCUT2D eigenvalue weighted by atomic mass is 10.0. The summed E-state index contributed by atoms with van der Waals surface area (Å²) in [5, 5.41) is 0. The lowest BCUT2D eigenvalue weighted by Gasteiger charge is -2.13. The maximum absolute atomic E-state index is 5.85. The van der Waals surface area contributed by atoms with Crippen molar-refractivity contribution in [2.24, 2.45) is 0 Å². The van der Waals surface area contributed by atoms with Crippen LogP contribution >= 0.6 is 31.9 Å². The smallest absolute Gasteiger partial charge is 0.119 e. The molecule has 170 valence electrons. The molecule has 0 N–H and O–H groups in total. The lowest BCUT2D eigenvalue weighted by Crippen LogP contribution is -1.98. The highest BCUT2D eigenvalue weighted by Crippen LogP contribution is 2.36. The predicted molar refractivity (Wildman–Crippen MR) is 145 cm³/mol. The number of unbranched alkanes of at least 4 members (excludes halogenated alkanes) is 2. The van der Waals surface area contributed by atoms with Crippen LogP contribution in [0.1, 0.15) is 45.1 Å². The number of rotatable bonds is 9. The van der Waals surface area contributed by atoms with Gasteiger partial charge in [-0.2, -0.15) is 0 Å². The largest absolute Gasteiger partial charge is 0.494 e. The zero-order valence-electron chi connectivity index (χ0n) is 19.1. The van der Waals surface area contributed by atoms with Gasteiger partial charge in [0.2, 0.25) is 0 Å². The van der Waals surface area contributed by atoms with Crippen molar-refractivity contribution in [3.8, 4) is 28.3 Å². The Kier molecular flexibility index (Phi) is 8.15. The first-order chi connectivity index (χ1) is 16.1. The highest BCUT2D eigenvalue weighted by atomic mass is 79.9. The van der Waals surface area contributed by atoms with Gasteiger partial charge in [-0.25, -0.2) is 9.97 Å². The van der Waals surface area contributed by atoms with Crippen LogP contribution in [-0.4, -0.2) is 16.6 Å². The highest BCUT2D eigenvalue weighted by molar-refractivity contribution is 9.13. The Morgan fingerprint density at radius 1 is 0.727 bits per heavy atom. The summed E-state index contributed by atoms with van der Waals surface area (Å²) in [6, 6.07) is 20.9. The minimum atomic E-state index is 0.738. The van der Waals surface area contributed by atoms with Gasteiger partial charge in [-0.1, -0.05) is 51.0 Å². The molecule has 1 heterocycles. The van der Waals surface area contributed by atoms with Crippen molar-refractivity contribution in [2.45, 2.75) is 46.0 Å². The third kappa shape index (κ3) is 5.64. The number of halogens is 2. The lowest BCUT2D eigenvalue weighted by molar-refractivity contribution is 0.309. The van der Waals surface area contributed by atoms with Crippen LogP contribution in [0.4, 0.5) is 0 Å². The van der Waals surface area contributed by atoms with Crippen molar-refractivity contribution in [2.75, 3.05) is 6.61 Å². The van der Waals surface area contributed by atoms with Gasteiger partial charge in [0.05, 0.1) is 28.0 Å². The van der Waals surface area contributed by atoms with Gasteiger partial charge in [-0.3, -0.25) is 0 Å². The Labute approximate surface area is 212 Å². The Hall–Kier alpha value is -2.24. The van der Waals surface area contributed by atoms with Gasteiger partial charge in [-0.15, -0.1) is 0 Å². The van der Waals surface area contributed by atoms with Crippen molar-refractivity contribution >= 4 is 42.9 Å². The summed E-state index contributed by atoms with van der Waals surface area (Å²) in [7, 11) is 0.